The van der Waals surface area contributed by atoms with E-state index in [1.54, 1.807) is 4.90 Å². The molecule has 13 heavy (non-hydrogen) atoms. The molecule has 1 fully saturated rings. The maximum Gasteiger partial charge on any atom is 0.230 e. The Morgan fingerprint density at radius 2 is 2.31 bits per heavy atom. The van der Waals surface area contributed by atoms with Crippen LogP contribution in [-0.4, -0.2) is 42.4 Å². The molecular formula is C9H15NO3. The van der Waals surface area contributed by atoms with Gasteiger partial charge in [-0.1, -0.05) is 0 Å². The van der Waals surface area contributed by atoms with Crippen LogP contribution in [0.1, 0.15) is 20.3 Å². The van der Waals surface area contributed by atoms with Crippen LogP contribution in [0.3, 0.4) is 0 Å². The highest BCUT2D eigenvalue weighted by Gasteiger charge is 2.33. The second-order valence-electron chi connectivity index (χ2n) is 3.78. The lowest BCUT2D eigenvalue weighted by Crippen LogP contribution is -2.55. The van der Waals surface area contributed by atoms with Crippen LogP contribution in [0.2, 0.25) is 0 Å². The first kappa shape index (κ1) is 10.2. The Bertz CT molecular complexity index is 213. The molecule has 0 bridgehead atoms. The fourth-order valence-corrected chi connectivity index (χ4v) is 1.50. The molecule has 0 unspecified atom stereocenters. The first-order valence-corrected chi connectivity index (χ1v) is 4.40. The number of hydrogen-bond acceptors (Lipinski definition) is 3. The lowest BCUT2D eigenvalue weighted by atomic mass is 10.0. The summed E-state index contributed by atoms with van der Waals surface area (Å²) in [5.74, 6) is -0.108. The number of aldehydes is 1. The zero-order valence-electron chi connectivity index (χ0n) is 8.08. The normalized spacial score (nSPS) is 21.2. The number of rotatable bonds is 2. The summed E-state index contributed by atoms with van der Waals surface area (Å²) < 4.78 is 5.26. The van der Waals surface area contributed by atoms with Crippen molar-refractivity contribution in [1.29, 1.82) is 0 Å². The molecule has 0 saturated carbocycles. The topological polar surface area (TPSA) is 46.6 Å². The monoisotopic (exact) mass is 185 g/mol. The second-order valence-corrected chi connectivity index (χ2v) is 3.78. The summed E-state index contributed by atoms with van der Waals surface area (Å²) in [5, 5.41) is 0. The molecule has 0 radical (unpaired) electrons. The molecule has 4 heteroatoms. The molecule has 1 heterocycles. The van der Waals surface area contributed by atoms with Crippen molar-refractivity contribution in [2.45, 2.75) is 25.8 Å². The SMILES string of the molecule is CC1(C)COCCN1C(=O)CC=O. The van der Waals surface area contributed by atoms with Gasteiger partial charge in [0.25, 0.3) is 0 Å². The number of nitrogens with zero attached hydrogens (tertiary/aromatic N) is 1. The summed E-state index contributed by atoms with van der Waals surface area (Å²) in [6.45, 7) is 5.56. The van der Waals surface area contributed by atoms with E-state index in [1.807, 2.05) is 13.8 Å². The number of carbonyl (C=O) groups excluding carboxylic acids is 2. The molecule has 0 aromatic carbocycles. The minimum Gasteiger partial charge on any atom is -0.377 e. The molecule has 1 aliphatic heterocycles. The minimum absolute atomic E-state index is 0.0244. The van der Waals surface area contributed by atoms with Crippen molar-refractivity contribution in [3.8, 4) is 0 Å². The molecule has 0 aliphatic carbocycles. The molecule has 1 saturated heterocycles. The maximum atomic E-state index is 11.5. The van der Waals surface area contributed by atoms with E-state index in [2.05, 4.69) is 0 Å². The fourth-order valence-electron chi connectivity index (χ4n) is 1.50. The van der Waals surface area contributed by atoms with Gasteiger partial charge in [0.1, 0.15) is 6.29 Å². The van der Waals surface area contributed by atoms with Gasteiger partial charge >= 0.3 is 0 Å². The second kappa shape index (κ2) is 3.87. The van der Waals surface area contributed by atoms with Crippen molar-refractivity contribution in [3.63, 3.8) is 0 Å². The van der Waals surface area contributed by atoms with Gasteiger partial charge in [-0.05, 0) is 13.8 Å². The van der Waals surface area contributed by atoms with Crippen molar-refractivity contribution in [2.24, 2.45) is 0 Å². The molecule has 0 N–H and O–H groups in total. The quantitative estimate of drug-likeness (QED) is 0.456. The summed E-state index contributed by atoms with van der Waals surface area (Å²) in [7, 11) is 0. The average Bonchev–Trinajstić information content (AvgIpc) is 2.03. The van der Waals surface area contributed by atoms with Crippen LogP contribution in [0.5, 0.6) is 0 Å². The Morgan fingerprint density at radius 1 is 1.62 bits per heavy atom. The Kier molecular flexibility index (Phi) is 3.03. The van der Waals surface area contributed by atoms with Gasteiger partial charge in [0.15, 0.2) is 0 Å². The molecule has 1 aliphatic rings. The third kappa shape index (κ3) is 2.28. The fraction of sp³-hybridized carbons (Fsp3) is 0.778. The third-order valence-corrected chi connectivity index (χ3v) is 2.20. The Hall–Kier alpha value is -0.900. The molecule has 0 spiro atoms. The van der Waals surface area contributed by atoms with E-state index in [9.17, 15) is 9.59 Å². The van der Waals surface area contributed by atoms with Crippen LogP contribution < -0.4 is 0 Å². The number of morpholine rings is 1. The van der Waals surface area contributed by atoms with E-state index in [0.29, 0.717) is 26.0 Å². The highest BCUT2D eigenvalue weighted by Crippen LogP contribution is 2.19. The number of ether oxygens (including phenoxy) is 1. The van der Waals surface area contributed by atoms with E-state index >= 15 is 0 Å². The number of carbonyl (C=O) groups is 2. The Balaban J connectivity index is 2.64. The van der Waals surface area contributed by atoms with E-state index in [0.717, 1.165) is 0 Å². The maximum absolute atomic E-state index is 11.5. The highest BCUT2D eigenvalue weighted by atomic mass is 16.5. The highest BCUT2D eigenvalue weighted by molar-refractivity contribution is 5.88. The lowest BCUT2D eigenvalue weighted by Gasteiger charge is -2.41. The number of amides is 1. The smallest absolute Gasteiger partial charge is 0.230 e. The van der Waals surface area contributed by atoms with Gasteiger partial charge in [-0.3, -0.25) is 4.79 Å². The molecule has 0 aromatic heterocycles. The van der Waals surface area contributed by atoms with Gasteiger partial charge in [-0.15, -0.1) is 0 Å². The van der Waals surface area contributed by atoms with Crippen molar-refractivity contribution in [1.82, 2.24) is 4.90 Å². The molecule has 1 rings (SSSR count). The first-order valence-electron chi connectivity index (χ1n) is 4.40. The van der Waals surface area contributed by atoms with Gasteiger partial charge in [0.05, 0.1) is 25.2 Å². The first-order chi connectivity index (χ1) is 6.08. The van der Waals surface area contributed by atoms with Crippen molar-refractivity contribution in [3.05, 3.63) is 0 Å². The largest absolute Gasteiger partial charge is 0.377 e. The minimum atomic E-state index is -0.279. The average molecular weight is 185 g/mol. The molecule has 0 atom stereocenters. The number of hydrogen-bond donors (Lipinski definition) is 0. The lowest BCUT2D eigenvalue weighted by molar-refractivity contribution is -0.146. The summed E-state index contributed by atoms with van der Waals surface area (Å²) >= 11 is 0. The van der Waals surface area contributed by atoms with Crippen LogP contribution in [-0.2, 0) is 14.3 Å². The Morgan fingerprint density at radius 3 is 2.85 bits per heavy atom. The van der Waals surface area contributed by atoms with Crippen LogP contribution in [0.4, 0.5) is 0 Å². The van der Waals surface area contributed by atoms with Gasteiger partial charge < -0.3 is 14.4 Å². The summed E-state index contributed by atoms with van der Waals surface area (Å²) in [4.78, 5) is 23.4. The van der Waals surface area contributed by atoms with Gasteiger partial charge in [-0.2, -0.15) is 0 Å². The Labute approximate surface area is 77.8 Å². The molecule has 74 valence electrons. The zero-order chi connectivity index (χ0) is 9.90. The predicted molar refractivity (Wildman–Crippen MR) is 47.3 cm³/mol. The standard InChI is InChI=1S/C9H15NO3/c1-9(2)7-13-6-4-10(9)8(12)3-5-11/h5H,3-4,6-7H2,1-2H3. The summed E-state index contributed by atoms with van der Waals surface area (Å²) in [6.07, 6.45) is 0.622. The van der Waals surface area contributed by atoms with E-state index in [-0.39, 0.29) is 17.9 Å². The van der Waals surface area contributed by atoms with Crippen LogP contribution >= 0.6 is 0 Å². The van der Waals surface area contributed by atoms with Gasteiger partial charge in [-0.25, -0.2) is 0 Å². The van der Waals surface area contributed by atoms with Crippen molar-refractivity contribution in [2.75, 3.05) is 19.8 Å². The molecule has 0 aromatic rings. The summed E-state index contributed by atoms with van der Waals surface area (Å²) in [5.41, 5.74) is -0.279. The van der Waals surface area contributed by atoms with Crippen LogP contribution in [0, 0.1) is 0 Å². The van der Waals surface area contributed by atoms with E-state index < -0.39 is 0 Å². The van der Waals surface area contributed by atoms with E-state index in [1.165, 1.54) is 0 Å². The predicted octanol–water partition coefficient (Wildman–Crippen LogP) is 0.213. The van der Waals surface area contributed by atoms with Crippen LogP contribution in [0.15, 0.2) is 0 Å². The molecule has 4 nitrogen and oxygen atoms in total. The zero-order valence-corrected chi connectivity index (χ0v) is 8.08. The van der Waals surface area contributed by atoms with Gasteiger partial charge in [0.2, 0.25) is 5.91 Å². The van der Waals surface area contributed by atoms with E-state index in [4.69, 9.17) is 4.74 Å². The van der Waals surface area contributed by atoms with Gasteiger partial charge in [0, 0.05) is 6.54 Å². The summed E-state index contributed by atoms with van der Waals surface area (Å²) in [6, 6.07) is 0. The molecular weight excluding hydrogens is 170 g/mol. The van der Waals surface area contributed by atoms with Crippen LogP contribution in [0.25, 0.3) is 0 Å². The van der Waals surface area contributed by atoms with Crippen molar-refractivity contribution >= 4 is 12.2 Å². The third-order valence-electron chi connectivity index (χ3n) is 2.20. The van der Waals surface area contributed by atoms with Crippen molar-refractivity contribution < 1.29 is 14.3 Å². The molecule has 1 amide bonds.